The summed E-state index contributed by atoms with van der Waals surface area (Å²) in [4.78, 5) is 16.6. The summed E-state index contributed by atoms with van der Waals surface area (Å²) in [5.41, 5.74) is 0.645. The quantitative estimate of drug-likeness (QED) is 0.761. The Labute approximate surface area is 121 Å². The zero-order valence-electron chi connectivity index (χ0n) is 11.2. The van der Waals surface area contributed by atoms with Gasteiger partial charge in [-0.05, 0) is 12.1 Å². The summed E-state index contributed by atoms with van der Waals surface area (Å²) in [6.07, 6.45) is 2.99. The number of carbonyl (C=O) groups is 1. The highest BCUT2D eigenvalue weighted by Gasteiger charge is 2.22. The van der Waals surface area contributed by atoms with Gasteiger partial charge in [0, 0.05) is 13.3 Å². The van der Waals surface area contributed by atoms with Crippen molar-refractivity contribution in [2.24, 2.45) is 0 Å². The second kappa shape index (κ2) is 6.49. The van der Waals surface area contributed by atoms with E-state index in [4.69, 9.17) is 21.1 Å². The molecule has 0 amide bonds. The molecule has 2 rings (SSSR count). The Bertz CT molecular complexity index is 613. The van der Waals surface area contributed by atoms with Crippen LogP contribution in [0.4, 0.5) is 0 Å². The molecule has 7 heteroatoms. The van der Waals surface area contributed by atoms with Crippen LogP contribution in [0.5, 0.6) is 5.88 Å². The molecule has 0 aliphatic heterocycles. The van der Waals surface area contributed by atoms with Crippen molar-refractivity contribution < 1.29 is 14.3 Å². The molecule has 0 spiro atoms. The number of methoxy groups -OCH3 is 2. The molecule has 2 aromatic rings. The van der Waals surface area contributed by atoms with Gasteiger partial charge in [-0.3, -0.25) is 9.48 Å². The van der Waals surface area contributed by atoms with E-state index >= 15 is 0 Å². The first-order valence-corrected chi connectivity index (χ1v) is 6.30. The number of carbonyl (C=O) groups excluding carboxylic acids is 1. The van der Waals surface area contributed by atoms with Gasteiger partial charge in [-0.25, -0.2) is 4.98 Å². The van der Waals surface area contributed by atoms with Crippen molar-refractivity contribution in [3.05, 3.63) is 40.8 Å². The fourth-order valence-electron chi connectivity index (χ4n) is 1.79. The largest absolute Gasteiger partial charge is 0.480 e. The molecule has 0 atom stereocenters. The van der Waals surface area contributed by atoms with E-state index in [9.17, 15) is 4.79 Å². The van der Waals surface area contributed by atoms with Crippen LogP contribution < -0.4 is 4.74 Å². The van der Waals surface area contributed by atoms with Crippen molar-refractivity contribution in [3.63, 3.8) is 0 Å². The van der Waals surface area contributed by atoms with Crippen molar-refractivity contribution in [1.29, 1.82) is 0 Å². The minimum absolute atomic E-state index is 0.257. The van der Waals surface area contributed by atoms with Gasteiger partial charge in [-0.2, -0.15) is 5.10 Å². The zero-order valence-corrected chi connectivity index (χ0v) is 11.9. The molecule has 0 unspecified atom stereocenters. The van der Waals surface area contributed by atoms with Gasteiger partial charge in [0.25, 0.3) is 0 Å². The number of nitrogens with zero attached hydrogens (tertiary/aromatic N) is 3. The Morgan fingerprint density at radius 3 is 2.95 bits per heavy atom. The van der Waals surface area contributed by atoms with Gasteiger partial charge < -0.3 is 9.47 Å². The van der Waals surface area contributed by atoms with E-state index in [0.717, 1.165) is 0 Å². The number of pyridine rings is 1. The number of rotatable bonds is 6. The lowest BCUT2D eigenvalue weighted by Gasteiger charge is -2.09. The normalized spacial score (nSPS) is 10.6. The number of aromatic nitrogens is 3. The maximum atomic E-state index is 12.6. The second-order valence-electron chi connectivity index (χ2n) is 3.95. The van der Waals surface area contributed by atoms with E-state index in [-0.39, 0.29) is 16.7 Å². The molecule has 0 bridgehead atoms. The number of hydrogen-bond acceptors (Lipinski definition) is 5. The minimum Gasteiger partial charge on any atom is -0.480 e. The SMILES string of the molecule is COCCn1ncc(Cl)c1C(=O)c1cccnc1OC. The third-order valence-electron chi connectivity index (χ3n) is 2.73. The summed E-state index contributed by atoms with van der Waals surface area (Å²) in [7, 11) is 3.04. The minimum atomic E-state index is -0.284. The third kappa shape index (κ3) is 2.81. The Morgan fingerprint density at radius 2 is 2.25 bits per heavy atom. The lowest BCUT2D eigenvalue weighted by molar-refractivity contribution is 0.102. The van der Waals surface area contributed by atoms with E-state index in [0.29, 0.717) is 24.4 Å². The van der Waals surface area contributed by atoms with Crippen LogP contribution in [0.15, 0.2) is 24.5 Å². The molecule has 106 valence electrons. The van der Waals surface area contributed by atoms with E-state index in [1.54, 1.807) is 25.4 Å². The first kappa shape index (κ1) is 14.5. The van der Waals surface area contributed by atoms with Gasteiger partial charge in [0.2, 0.25) is 11.7 Å². The molecule has 6 nitrogen and oxygen atoms in total. The fourth-order valence-corrected chi connectivity index (χ4v) is 2.02. The molecule has 0 N–H and O–H groups in total. The molecule has 20 heavy (non-hydrogen) atoms. The van der Waals surface area contributed by atoms with Gasteiger partial charge in [0.05, 0.1) is 37.0 Å². The van der Waals surface area contributed by atoms with Crippen LogP contribution in [0.25, 0.3) is 0 Å². The molecule has 0 aliphatic rings. The van der Waals surface area contributed by atoms with E-state index in [1.807, 2.05) is 0 Å². The summed E-state index contributed by atoms with van der Waals surface area (Å²) in [6, 6.07) is 3.30. The predicted molar refractivity (Wildman–Crippen MR) is 73.3 cm³/mol. The lowest BCUT2D eigenvalue weighted by atomic mass is 10.1. The van der Waals surface area contributed by atoms with Gasteiger partial charge in [0.15, 0.2) is 0 Å². The summed E-state index contributed by atoms with van der Waals surface area (Å²) < 4.78 is 11.6. The van der Waals surface area contributed by atoms with Crippen LogP contribution in [0.3, 0.4) is 0 Å². The van der Waals surface area contributed by atoms with E-state index in [1.165, 1.54) is 18.0 Å². The first-order chi connectivity index (χ1) is 9.69. The smallest absolute Gasteiger partial charge is 0.224 e. The van der Waals surface area contributed by atoms with Crippen molar-refractivity contribution >= 4 is 17.4 Å². The average Bonchev–Trinajstić information content (AvgIpc) is 2.85. The summed E-state index contributed by atoms with van der Waals surface area (Å²) in [5, 5.41) is 4.37. The average molecular weight is 296 g/mol. The maximum absolute atomic E-state index is 12.6. The van der Waals surface area contributed by atoms with Crippen LogP contribution in [-0.4, -0.2) is 41.4 Å². The van der Waals surface area contributed by atoms with E-state index < -0.39 is 0 Å². The Balaban J connectivity index is 2.40. The molecule has 0 aliphatic carbocycles. The van der Waals surface area contributed by atoms with Crippen LogP contribution in [0, 0.1) is 0 Å². The fraction of sp³-hybridized carbons (Fsp3) is 0.308. The molecule has 0 aromatic carbocycles. The lowest BCUT2D eigenvalue weighted by Crippen LogP contribution is -2.15. The van der Waals surface area contributed by atoms with Crippen molar-refractivity contribution in [1.82, 2.24) is 14.8 Å². The molecule has 2 heterocycles. The van der Waals surface area contributed by atoms with Crippen molar-refractivity contribution in [2.75, 3.05) is 20.8 Å². The Hall–Kier alpha value is -1.92. The van der Waals surface area contributed by atoms with Gasteiger partial charge in [-0.15, -0.1) is 0 Å². The second-order valence-corrected chi connectivity index (χ2v) is 4.35. The standard InChI is InChI=1S/C13H14ClN3O3/c1-19-7-6-17-11(10(14)8-16-17)12(18)9-4-3-5-15-13(9)20-2/h3-5,8H,6-7H2,1-2H3. The van der Waals surface area contributed by atoms with Gasteiger partial charge in [-0.1, -0.05) is 11.6 Å². The predicted octanol–water partition coefficient (Wildman–Crippen LogP) is 1.82. The Morgan fingerprint density at radius 1 is 1.45 bits per heavy atom. The summed E-state index contributed by atoms with van der Waals surface area (Å²) in [5.74, 6) is -0.0263. The number of hydrogen-bond donors (Lipinski definition) is 0. The van der Waals surface area contributed by atoms with Crippen LogP contribution in [-0.2, 0) is 11.3 Å². The monoisotopic (exact) mass is 295 g/mol. The third-order valence-corrected chi connectivity index (χ3v) is 3.00. The molecule has 0 saturated carbocycles. The molecule has 0 radical (unpaired) electrons. The zero-order chi connectivity index (χ0) is 14.5. The van der Waals surface area contributed by atoms with Crippen LogP contribution in [0.1, 0.15) is 16.1 Å². The van der Waals surface area contributed by atoms with Gasteiger partial charge >= 0.3 is 0 Å². The first-order valence-electron chi connectivity index (χ1n) is 5.93. The molecule has 0 fully saturated rings. The molecule has 0 saturated heterocycles. The molecule has 2 aromatic heterocycles. The van der Waals surface area contributed by atoms with Crippen molar-refractivity contribution in [2.45, 2.75) is 6.54 Å². The van der Waals surface area contributed by atoms with Crippen LogP contribution >= 0.6 is 11.6 Å². The summed E-state index contributed by atoms with van der Waals surface area (Å²) >= 11 is 6.06. The van der Waals surface area contributed by atoms with Crippen LogP contribution in [0.2, 0.25) is 5.02 Å². The molecular weight excluding hydrogens is 282 g/mol. The molecular formula is C13H14ClN3O3. The Kier molecular flexibility index (Phi) is 4.70. The number of ether oxygens (including phenoxy) is 2. The highest BCUT2D eigenvalue weighted by molar-refractivity contribution is 6.34. The van der Waals surface area contributed by atoms with Crippen molar-refractivity contribution in [3.8, 4) is 5.88 Å². The highest BCUT2D eigenvalue weighted by Crippen LogP contribution is 2.23. The highest BCUT2D eigenvalue weighted by atomic mass is 35.5. The summed E-state index contributed by atoms with van der Waals surface area (Å²) in [6.45, 7) is 0.870. The number of ketones is 1. The van der Waals surface area contributed by atoms with E-state index in [2.05, 4.69) is 10.1 Å². The topological polar surface area (TPSA) is 66.2 Å². The van der Waals surface area contributed by atoms with Gasteiger partial charge in [0.1, 0.15) is 5.69 Å². The maximum Gasteiger partial charge on any atom is 0.224 e. The number of halogens is 1.